The molecular weight excluding hydrogens is 387 g/mol. The minimum Gasteiger partial charge on any atom is -0.494 e. The van der Waals surface area contributed by atoms with E-state index in [1.165, 1.54) is 12.1 Å². The number of H-pyrrole nitrogens is 1. The lowest BCUT2D eigenvalue weighted by Gasteiger charge is -2.13. The van der Waals surface area contributed by atoms with Gasteiger partial charge in [0.15, 0.2) is 0 Å². The molecule has 0 atom stereocenters. The predicted molar refractivity (Wildman–Crippen MR) is 108 cm³/mol. The molecular formula is C23H19FN2O4. The zero-order valence-electron chi connectivity index (χ0n) is 16.2. The van der Waals surface area contributed by atoms with Gasteiger partial charge in [-0.3, -0.25) is 4.79 Å². The molecule has 0 amide bonds. The number of aliphatic hydroxyl groups is 1. The van der Waals surface area contributed by atoms with E-state index in [2.05, 4.69) is 10.1 Å². The van der Waals surface area contributed by atoms with Crippen molar-refractivity contribution >= 4 is 16.7 Å². The van der Waals surface area contributed by atoms with E-state index in [1.807, 2.05) is 24.3 Å². The van der Waals surface area contributed by atoms with Crippen LogP contribution >= 0.6 is 0 Å². The summed E-state index contributed by atoms with van der Waals surface area (Å²) in [5.74, 6) is -1.37. The molecule has 6 nitrogen and oxygen atoms in total. The maximum atomic E-state index is 14.8. The van der Waals surface area contributed by atoms with Gasteiger partial charge in [0.1, 0.15) is 5.82 Å². The van der Waals surface area contributed by atoms with Crippen molar-refractivity contribution in [3.8, 4) is 17.0 Å². The lowest BCUT2D eigenvalue weighted by molar-refractivity contribution is 0.0999. The summed E-state index contributed by atoms with van der Waals surface area (Å²) in [5, 5.41) is 24.0. The van der Waals surface area contributed by atoms with Crippen LogP contribution in [-0.4, -0.2) is 32.7 Å². The van der Waals surface area contributed by atoms with Crippen LogP contribution in [0.25, 0.3) is 22.0 Å². The first-order valence-corrected chi connectivity index (χ1v) is 9.66. The normalized spacial score (nSPS) is 14.9. The van der Waals surface area contributed by atoms with Gasteiger partial charge in [-0.05, 0) is 43.0 Å². The summed E-state index contributed by atoms with van der Waals surface area (Å²) in [5.41, 5.74) is 2.68. The number of aromatic nitrogens is 2. The van der Waals surface area contributed by atoms with Gasteiger partial charge < -0.3 is 19.7 Å². The Kier molecular flexibility index (Phi) is 4.04. The molecule has 0 radical (unpaired) electrons. The van der Waals surface area contributed by atoms with Gasteiger partial charge in [-0.25, -0.2) is 4.39 Å². The molecule has 1 aliphatic carbocycles. The number of rotatable bonds is 5. The fourth-order valence-corrected chi connectivity index (χ4v) is 3.94. The number of nitrogens with zero attached hydrogens (tertiary/aromatic N) is 1. The number of aromatic hydroxyl groups is 1. The Balaban J connectivity index is 1.60. The van der Waals surface area contributed by atoms with Crippen molar-refractivity contribution in [2.75, 3.05) is 6.61 Å². The number of aromatic amines is 1. The maximum absolute atomic E-state index is 14.8. The topological polar surface area (TPSA) is 99.3 Å². The fourth-order valence-electron chi connectivity index (χ4n) is 3.94. The van der Waals surface area contributed by atoms with Crippen molar-refractivity contribution in [3.05, 3.63) is 70.9 Å². The van der Waals surface area contributed by atoms with Crippen molar-refractivity contribution in [1.82, 2.24) is 10.1 Å². The SMILES string of the molecule is Cc1cc(C(=O)c2c(O)[nH]c3cc(F)c(-c4ccc(C5(CO)CC5)cc4)cc23)on1. The van der Waals surface area contributed by atoms with E-state index in [4.69, 9.17) is 4.52 Å². The van der Waals surface area contributed by atoms with Crippen LogP contribution in [0.1, 0.15) is 40.2 Å². The summed E-state index contributed by atoms with van der Waals surface area (Å²) in [6, 6.07) is 11.7. The number of halogens is 1. The van der Waals surface area contributed by atoms with E-state index in [-0.39, 0.29) is 29.2 Å². The van der Waals surface area contributed by atoms with Gasteiger partial charge in [-0.1, -0.05) is 29.4 Å². The molecule has 2 aromatic heterocycles. The fraction of sp³-hybridized carbons (Fsp3) is 0.217. The third-order valence-corrected chi connectivity index (χ3v) is 5.91. The molecule has 152 valence electrons. The molecule has 0 spiro atoms. The summed E-state index contributed by atoms with van der Waals surface area (Å²) < 4.78 is 19.9. The van der Waals surface area contributed by atoms with Crippen LogP contribution < -0.4 is 0 Å². The molecule has 3 N–H and O–H groups in total. The molecule has 4 aromatic rings. The Labute approximate surface area is 171 Å². The number of carbonyl (C=O) groups excluding carboxylic acids is 1. The summed E-state index contributed by atoms with van der Waals surface area (Å²) in [7, 11) is 0. The number of benzene rings is 2. The van der Waals surface area contributed by atoms with E-state index >= 15 is 0 Å². The molecule has 0 saturated heterocycles. The first kappa shape index (κ1) is 18.6. The molecule has 1 aliphatic rings. The number of carbonyl (C=O) groups is 1. The molecule has 5 rings (SSSR count). The van der Waals surface area contributed by atoms with E-state index in [0.29, 0.717) is 27.7 Å². The lowest BCUT2D eigenvalue weighted by atomic mass is 9.93. The highest BCUT2D eigenvalue weighted by Gasteiger charge is 2.43. The van der Waals surface area contributed by atoms with Crippen LogP contribution in [0.2, 0.25) is 0 Å². The molecule has 1 saturated carbocycles. The number of aliphatic hydroxyl groups excluding tert-OH is 1. The number of nitrogens with one attached hydrogen (secondary N) is 1. The first-order chi connectivity index (χ1) is 14.4. The van der Waals surface area contributed by atoms with Crippen molar-refractivity contribution in [1.29, 1.82) is 0 Å². The average molecular weight is 406 g/mol. The van der Waals surface area contributed by atoms with Gasteiger partial charge in [0, 0.05) is 22.4 Å². The number of hydrogen-bond donors (Lipinski definition) is 3. The molecule has 1 fully saturated rings. The van der Waals surface area contributed by atoms with E-state index in [1.54, 1.807) is 13.0 Å². The molecule has 7 heteroatoms. The minimum atomic E-state index is -0.536. The Morgan fingerprint density at radius 1 is 1.23 bits per heavy atom. The van der Waals surface area contributed by atoms with Crippen LogP contribution in [0.5, 0.6) is 5.88 Å². The maximum Gasteiger partial charge on any atom is 0.237 e. The Morgan fingerprint density at radius 3 is 2.57 bits per heavy atom. The number of ketones is 1. The molecule has 0 unspecified atom stereocenters. The van der Waals surface area contributed by atoms with Crippen molar-refractivity contribution in [2.24, 2.45) is 0 Å². The first-order valence-electron chi connectivity index (χ1n) is 9.66. The highest BCUT2D eigenvalue weighted by molar-refractivity contribution is 6.17. The van der Waals surface area contributed by atoms with Gasteiger partial charge in [-0.15, -0.1) is 0 Å². The van der Waals surface area contributed by atoms with Gasteiger partial charge in [0.05, 0.1) is 23.4 Å². The molecule has 30 heavy (non-hydrogen) atoms. The standard InChI is InChI=1S/C23H19FN2O4/c1-12-8-19(30-26-12)21(28)20-16-9-15(17(24)10-18(16)25-22(20)29)13-2-4-14(5-3-13)23(11-27)6-7-23/h2-5,8-10,25,27,29H,6-7,11H2,1H3. The van der Waals surface area contributed by atoms with E-state index < -0.39 is 11.6 Å². The Hall–Kier alpha value is -3.45. The minimum absolute atomic E-state index is 0.00216. The smallest absolute Gasteiger partial charge is 0.237 e. The summed E-state index contributed by atoms with van der Waals surface area (Å²) in [6.07, 6.45) is 1.89. The van der Waals surface area contributed by atoms with Gasteiger partial charge in [-0.2, -0.15) is 0 Å². The second-order valence-electron chi connectivity index (χ2n) is 7.90. The second-order valence-corrected chi connectivity index (χ2v) is 7.90. The third kappa shape index (κ3) is 2.81. The van der Waals surface area contributed by atoms with Crippen molar-refractivity contribution in [2.45, 2.75) is 25.2 Å². The Morgan fingerprint density at radius 2 is 1.97 bits per heavy atom. The highest BCUT2D eigenvalue weighted by Crippen LogP contribution is 2.48. The van der Waals surface area contributed by atoms with Crippen molar-refractivity contribution < 1.29 is 23.9 Å². The van der Waals surface area contributed by atoms with Crippen LogP contribution in [0.4, 0.5) is 4.39 Å². The summed E-state index contributed by atoms with van der Waals surface area (Å²) >= 11 is 0. The van der Waals surface area contributed by atoms with Crippen LogP contribution in [-0.2, 0) is 5.41 Å². The largest absolute Gasteiger partial charge is 0.494 e. The van der Waals surface area contributed by atoms with Crippen LogP contribution in [0.15, 0.2) is 47.0 Å². The van der Waals surface area contributed by atoms with Gasteiger partial charge in [0.2, 0.25) is 17.4 Å². The zero-order chi connectivity index (χ0) is 21.0. The lowest BCUT2D eigenvalue weighted by Crippen LogP contribution is -2.11. The predicted octanol–water partition coefficient (Wildman–Crippen LogP) is 4.23. The molecule has 2 aromatic carbocycles. The quantitative estimate of drug-likeness (QED) is 0.431. The number of fused-ring (bicyclic) bond motifs is 1. The summed E-state index contributed by atoms with van der Waals surface area (Å²) in [4.78, 5) is 15.5. The summed E-state index contributed by atoms with van der Waals surface area (Å²) in [6.45, 7) is 1.79. The number of aryl methyl sites for hydroxylation is 1. The zero-order valence-corrected chi connectivity index (χ0v) is 16.2. The van der Waals surface area contributed by atoms with Crippen LogP contribution in [0.3, 0.4) is 0 Å². The van der Waals surface area contributed by atoms with Gasteiger partial charge >= 0.3 is 0 Å². The number of hydrogen-bond acceptors (Lipinski definition) is 5. The monoisotopic (exact) mass is 406 g/mol. The van der Waals surface area contributed by atoms with Gasteiger partial charge in [0.25, 0.3) is 0 Å². The molecule has 0 bridgehead atoms. The molecule has 0 aliphatic heterocycles. The Bertz CT molecular complexity index is 1280. The van der Waals surface area contributed by atoms with E-state index in [0.717, 1.165) is 18.4 Å². The highest BCUT2D eigenvalue weighted by atomic mass is 19.1. The third-order valence-electron chi connectivity index (χ3n) is 5.91. The molecule has 2 heterocycles. The average Bonchev–Trinajstić information content (AvgIpc) is 3.32. The van der Waals surface area contributed by atoms with E-state index in [9.17, 15) is 19.4 Å². The van der Waals surface area contributed by atoms with Crippen LogP contribution in [0, 0.1) is 12.7 Å². The second kappa shape index (κ2) is 6.53. The van der Waals surface area contributed by atoms with Crippen molar-refractivity contribution in [3.63, 3.8) is 0 Å².